The number of carbonyl (C=O) groups is 2. The summed E-state index contributed by atoms with van der Waals surface area (Å²) in [7, 11) is 3.95. The number of nitrogens with one attached hydrogen (secondary N) is 2. The van der Waals surface area contributed by atoms with Gasteiger partial charge in [0, 0.05) is 31.9 Å². The first-order valence-electron chi connectivity index (χ1n) is 9.02. The molecule has 1 unspecified atom stereocenters. The van der Waals surface area contributed by atoms with E-state index in [4.69, 9.17) is 0 Å². The molecule has 1 aliphatic heterocycles. The second-order valence-electron chi connectivity index (χ2n) is 6.99. The fourth-order valence-electron chi connectivity index (χ4n) is 2.77. The topological polar surface area (TPSA) is 73.8 Å². The molecule has 1 saturated heterocycles. The summed E-state index contributed by atoms with van der Waals surface area (Å²) in [6.07, 6.45) is 0.0997. The first kappa shape index (κ1) is 19.9. The molecule has 146 valence electrons. The molecule has 0 aliphatic carbocycles. The standard InChI is InChI=1S/C21H24N4O2S/c1-13-5-6-14(2)17(11-13)23-19(26)12-18-20(27)24-21(28-18)22-15-7-9-16(10-8-15)25(3)4/h5-11,18H,12H2,1-4H3,(H,23,26)(H,22,24,27). The molecule has 1 atom stereocenters. The second-order valence-corrected chi connectivity index (χ2v) is 8.19. The summed E-state index contributed by atoms with van der Waals surface area (Å²) < 4.78 is 0. The van der Waals surface area contributed by atoms with Gasteiger partial charge in [-0.15, -0.1) is 0 Å². The number of aryl methyl sites for hydroxylation is 2. The van der Waals surface area contributed by atoms with E-state index < -0.39 is 5.25 Å². The number of nitrogens with zero attached hydrogens (tertiary/aromatic N) is 2. The third kappa shape index (κ3) is 4.92. The lowest BCUT2D eigenvalue weighted by molar-refractivity contribution is -0.122. The number of thioether (sulfide) groups is 1. The number of hydrogen-bond acceptors (Lipinski definition) is 5. The molecule has 0 saturated carbocycles. The Kier molecular flexibility index (Phi) is 6.04. The first-order valence-corrected chi connectivity index (χ1v) is 9.90. The maximum Gasteiger partial charge on any atom is 0.240 e. The van der Waals surface area contributed by atoms with E-state index in [9.17, 15) is 9.59 Å². The van der Waals surface area contributed by atoms with Crippen LogP contribution in [0.15, 0.2) is 47.5 Å². The minimum atomic E-state index is -0.482. The largest absolute Gasteiger partial charge is 0.378 e. The predicted molar refractivity (Wildman–Crippen MR) is 117 cm³/mol. The van der Waals surface area contributed by atoms with E-state index in [1.165, 1.54) is 11.8 Å². The van der Waals surface area contributed by atoms with Crippen LogP contribution in [0.1, 0.15) is 17.5 Å². The summed E-state index contributed by atoms with van der Waals surface area (Å²) in [5.41, 5.74) is 4.68. The van der Waals surface area contributed by atoms with Crippen LogP contribution in [0.3, 0.4) is 0 Å². The molecular formula is C21H24N4O2S. The highest BCUT2D eigenvalue weighted by molar-refractivity contribution is 8.15. The maximum atomic E-state index is 12.4. The van der Waals surface area contributed by atoms with Crippen LogP contribution in [-0.2, 0) is 9.59 Å². The Labute approximate surface area is 169 Å². The zero-order chi connectivity index (χ0) is 20.3. The van der Waals surface area contributed by atoms with E-state index in [-0.39, 0.29) is 18.2 Å². The van der Waals surface area contributed by atoms with Crippen molar-refractivity contribution in [3.8, 4) is 0 Å². The Morgan fingerprint density at radius 2 is 1.89 bits per heavy atom. The molecule has 2 amide bonds. The van der Waals surface area contributed by atoms with Crippen LogP contribution >= 0.6 is 11.8 Å². The molecule has 28 heavy (non-hydrogen) atoms. The smallest absolute Gasteiger partial charge is 0.240 e. The lowest BCUT2D eigenvalue weighted by atomic mass is 10.1. The molecule has 1 heterocycles. The number of hydrogen-bond donors (Lipinski definition) is 2. The van der Waals surface area contributed by atoms with Gasteiger partial charge in [0.15, 0.2) is 5.17 Å². The van der Waals surface area contributed by atoms with Crippen molar-refractivity contribution in [2.24, 2.45) is 4.99 Å². The molecule has 2 aromatic carbocycles. The fourth-order valence-corrected chi connectivity index (χ4v) is 3.76. The quantitative estimate of drug-likeness (QED) is 0.810. The van der Waals surface area contributed by atoms with Crippen LogP contribution in [0.4, 0.5) is 17.1 Å². The van der Waals surface area contributed by atoms with Crippen LogP contribution in [-0.4, -0.2) is 36.3 Å². The average molecular weight is 397 g/mol. The highest BCUT2D eigenvalue weighted by Gasteiger charge is 2.32. The van der Waals surface area contributed by atoms with Gasteiger partial charge >= 0.3 is 0 Å². The van der Waals surface area contributed by atoms with Crippen molar-refractivity contribution < 1.29 is 9.59 Å². The molecular weight excluding hydrogens is 372 g/mol. The van der Waals surface area contributed by atoms with Crippen molar-refractivity contribution in [3.63, 3.8) is 0 Å². The van der Waals surface area contributed by atoms with Gasteiger partial charge in [0.1, 0.15) is 5.25 Å². The number of anilines is 2. The van der Waals surface area contributed by atoms with Gasteiger partial charge in [-0.05, 0) is 55.3 Å². The molecule has 6 nitrogen and oxygen atoms in total. The number of aliphatic imine (C=N–C) groups is 1. The summed E-state index contributed by atoms with van der Waals surface area (Å²) in [5, 5.41) is 5.71. The second kappa shape index (κ2) is 8.48. The van der Waals surface area contributed by atoms with Gasteiger partial charge in [0.05, 0.1) is 5.69 Å². The minimum Gasteiger partial charge on any atom is -0.378 e. The Hall–Kier alpha value is -2.80. The average Bonchev–Trinajstić information content (AvgIpc) is 2.97. The maximum absolute atomic E-state index is 12.4. The van der Waals surface area contributed by atoms with E-state index in [0.29, 0.717) is 5.17 Å². The molecule has 0 spiro atoms. The summed E-state index contributed by atoms with van der Waals surface area (Å²) >= 11 is 1.29. The first-order chi connectivity index (χ1) is 13.3. The zero-order valence-corrected chi connectivity index (χ0v) is 17.3. The van der Waals surface area contributed by atoms with Gasteiger partial charge in [-0.25, -0.2) is 4.99 Å². The molecule has 1 fully saturated rings. The summed E-state index contributed by atoms with van der Waals surface area (Å²) in [5.74, 6) is -0.372. The molecule has 3 rings (SSSR count). The predicted octanol–water partition coefficient (Wildman–Crippen LogP) is 3.62. The van der Waals surface area contributed by atoms with E-state index in [1.54, 1.807) is 0 Å². The summed E-state index contributed by atoms with van der Waals surface area (Å²) in [6.45, 7) is 3.92. The molecule has 0 bridgehead atoms. The van der Waals surface area contributed by atoms with Gasteiger partial charge < -0.3 is 15.5 Å². The number of rotatable bonds is 5. The molecule has 1 aliphatic rings. The summed E-state index contributed by atoms with van der Waals surface area (Å²) in [4.78, 5) is 31.1. The highest BCUT2D eigenvalue weighted by atomic mass is 32.2. The Balaban J connectivity index is 1.62. The van der Waals surface area contributed by atoms with E-state index in [0.717, 1.165) is 28.2 Å². The fraction of sp³-hybridized carbons (Fsp3) is 0.286. The van der Waals surface area contributed by atoms with Crippen LogP contribution in [0.5, 0.6) is 0 Å². The van der Waals surface area contributed by atoms with Crippen molar-refractivity contribution in [3.05, 3.63) is 53.6 Å². The van der Waals surface area contributed by atoms with Crippen molar-refractivity contribution in [1.29, 1.82) is 0 Å². The summed E-state index contributed by atoms with van der Waals surface area (Å²) in [6, 6.07) is 13.6. The van der Waals surface area contributed by atoms with Gasteiger partial charge in [0.2, 0.25) is 11.8 Å². The Morgan fingerprint density at radius 3 is 2.57 bits per heavy atom. The zero-order valence-electron chi connectivity index (χ0n) is 16.4. The van der Waals surface area contributed by atoms with Crippen molar-refractivity contribution in [2.75, 3.05) is 24.3 Å². The van der Waals surface area contributed by atoms with E-state index in [2.05, 4.69) is 15.6 Å². The highest BCUT2D eigenvalue weighted by Crippen LogP contribution is 2.27. The monoisotopic (exact) mass is 396 g/mol. The van der Waals surface area contributed by atoms with Gasteiger partial charge in [-0.3, -0.25) is 9.59 Å². The number of amidine groups is 1. The lowest BCUT2D eigenvalue weighted by Crippen LogP contribution is -2.28. The van der Waals surface area contributed by atoms with Gasteiger partial charge in [-0.2, -0.15) is 0 Å². The van der Waals surface area contributed by atoms with Crippen molar-refractivity contribution >= 4 is 45.8 Å². The van der Waals surface area contributed by atoms with Gasteiger partial charge in [0.25, 0.3) is 0 Å². The van der Waals surface area contributed by atoms with E-state index in [1.807, 2.05) is 75.3 Å². The van der Waals surface area contributed by atoms with Crippen molar-refractivity contribution in [2.45, 2.75) is 25.5 Å². The number of amides is 2. The number of benzene rings is 2. The van der Waals surface area contributed by atoms with Crippen LogP contribution < -0.4 is 15.5 Å². The molecule has 7 heteroatoms. The Morgan fingerprint density at radius 1 is 1.18 bits per heavy atom. The van der Waals surface area contributed by atoms with Crippen LogP contribution in [0, 0.1) is 13.8 Å². The van der Waals surface area contributed by atoms with Crippen molar-refractivity contribution in [1.82, 2.24) is 5.32 Å². The third-order valence-electron chi connectivity index (χ3n) is 4.41. The van der Waals surface area contributed by atoms with E-state index >= 15 is 0 Å². The number of carbonyl (C=O) groups excluding carboxylic acids is 2. The lowest BCUT2D eigenvalue weighted by Gasteiger charge is -2.11. The van der Waals surface area contributed by atoms with Gasteiger partial charge in [-0.1, -0.05) is 23.9 Å². The van der Waals surface area contributed by atoms with Crippen LogP contribution in [0.25, 0.3) is 0 Å². The Bertz CT molecular complexity index is 923. The molecule has 2 aromatic rings. The SMILES string of the molecule is Cc1ccc(C)c(NC(=O)CC2SC(=Nc3ccc(N(C)C)cc3)NC2=O)c1. The van der Waals surface area contributed by atoms with Crippen LogP contribution in [0.2, 0.25) is 0 Å². The third-order valence-corrected chi connectivity index (χ3v) is 5.49. The molecule has 0 radical (unpaired) electrons. The molecule has 0 aromatic heterocycles. The molecule has 2 N–H and O–H groups in total. The minimum absolute atomic E-state index is 0.0997. The normalized spacial score (nSPS) is 17.5.